The van der Waals surface area contributed by atoms with E-state index in [2.05, 4.69) is 20.3 Å². The Morgan fingerprint density at radius 2 is 2.20 bits per heavy atom. The highest BCUT2D eigenvalue weighted by Gasteiger charge is 2.21. The molecule has 0 aromatic carbocycles. The molecule has 7 heteroatoms. The Kier molecular flexibility index (Phi) is 3.37. The molecule has 1 amide bonds. The largest absolute Gasteiger partial charge is 0.480 e. The summed E-state index contributed by atoms with van der Waals surface area (Å²) in [6.45, 7) is 2.91. The van der Waals surface area contributed by atoms with E-state index < -0.39 is 17.9 Å². The molecule has 0 fully saturated rings. The van der Waals surface area contributed by atoms with E-state index in [0.29, 0.717) is 11.4 Å². The summed E-state index contributed by atoms with van der Waals surface area (Å²) in [7, 11) is 0. The number of nitrogens with zero attached hydrogens (tertiary/aromatic N) is 2. The third kappa shape index (κ3) is 3.04. The van der Waals surface area contributed by atoms with Gasteiger partial charge in [-0.1, -0.05) is 10.3 Å². The van der Waals surface area contributed by atoms with Crippen molar-refractivity contribution >= 4 is 11.9 Å². The topological polar surface area (TPSA) is 105 Å². The molecule has 7 nitrogen and oxygen atoms in total. The first-order valence-corrected chi connectivity index (χ1v) is 4.28. The van der Waals surface area contributed by atoms with Gasteiger partial charge in [-0.3, -0.25) is 4.79 Å². The lowest BCUT2D eigenvalue weighted by atomic mass is 10.1. The maximum absolute atomic E-state index is 10.8. The number of aliphatic carboxylic acids is 1. The summed E-state index contributed by atoms with van der Waals surface area (Å²) < 4.78 is 4.43. The van der Waals surface area contributed by atoms with E-state index in [9.17, 15) is 9.59 Å². The van der Waals surface area contributed by atoms with Gasteiger partial charge in [-0.15, -0.1) is 0 Å². The number of rotatable bonds is 4. The van der Waals surface area contributed by atoms with E-state index in [1.165, 1.54) is 6.92 Å². The van der Waals surface area contributed by atoms with Crippen LogP contribution in [-0.2, 0) is 16.0 Å². The number of aromatic nitrogens is 2. The Labute approximate surface area is 85.4 Å². The van der Waals surface area contributed by atoms with E-state index in [4.69, 9.17) is 5.11 Å². The zero-order valence-corrected chi connectivity index (χ0v) is 8.35. The van der Waals surface area contributed by atoms with Crippen molar-refractivity contribution < 1.29 is 19.3 Å². The minimum atomic E-state index is -1.12. The fourth-order valence-corrected chi connectivity index (χ4v) is 1.07. The first-order valence-electron chi connectivity index (χ1n) is 4.28. The van der Waals surface area contributed by atoms with Gasteiger partial charge in [-0.05, 0) is 6.92 Å². The van der Waals surface area contributed by atoms with Gasteiger partial charge in [0.15, 0.2) is 0 Å². The van der Waals surface area contributed by atoms with Crippen LogP contribution < -0.4 is 5.32 Å². The van der Waals surface area contributed by atoms with Crippen LogP contribution in [0.5, 0.6) is 0 Å². The van der Waals surface area contributed by atoms with Crippen LogP contribution >= 0.6 is 0 Å². The van der Waals surface area contributed by atoms with E-state index in [-0.39, 0.29) is 6.42 Å². The Morgan fingerprint density at radius 3 is 2.60 bits per heavy atom. The van der Waals surface area contributed by atoms with E-state index >= 15 is 0 Å². The van der Waals surface area contributed by atoms with Crippen molar-refractivity contribution in [2.75, 3.05) is 0 Å². The van der Waals surface area contributed by atoms with E-state index in [1.54, 1.807) is 6.92 Å². The van der Waals surface area contributed by atoms with Crippen LogP contribution in [0.2, 0.25) is 0 Å². The minimum Gasteiger partial charge on any atom is -0.480 e. The number of carboxylic acid groups (broad SMARTS) is 1. The molecule has 1 rings (SSSR count). The third-order valence-corrected chi connectivity index (χ3v) is 1.82. The predicted octanol–water partition coefficient (Wildman–Crippen LogP) is -0.490. The van der Waals surface area contributed by atoms with E-state index in [1.807, 2.05) is 0 Å². The zero-order chi connectivity index (χ0) is 11.4. The van der Waals surface area contributed by atoms with Gasteiger partial charge in [0.2, 0.25) is 5.91 Å². The number of carbonyl (C=O) groups excluding carboxylic acids is 1. The van der Waals surface area contributed by atoms with Gasteiger partial charge in [-0.2, -0.15) is 0 Å². The Morgan fingerprint density at radius 1 is 1.53 bits per heavy atom. The summed E-state index contributed by atoms with van der Waals surface area (Å²) in [5, 5.41) is 18.2. The molecule has 1 aromatic heterocycles. The quantitative estimate of drug-likeness (QED) is 0.699. The fraction of sp³-hybridized carbons (Fsp3) is 0.500. The summed E-state index contributed by atoms with van der Waals surface area (Å²) in [5.41, 5.74) is 0.947. The average molecular weight is 213 g/mol. The SMILES string of the molecule is CC(=O)NC(Cc1nonc1C)C(=O)O. The number of hydrogen-bond acceptors (Lipinski definition) is 5. The second-order valence-corrected chi connectivity index (χ2v) is 3.09. The Bertz CT molecular complexity index is 374. The van der Waals surface area contributed by atoms with Gasteiger partial charge in [0.25, 0.3) is 0 Å². The van der Waals surface area contributed by atoms with Crippen molar-refractivity contribution in [3.63, 3.8) is 0 Å². The van der Waals surface area contributed by atoms with Gasteiger partial charge in [-0.25, -0.2) is 9.42 Å². The Balaban J connectivity index is 2.71. The average Bonchev–Trinajstić information content (AvgIpc) is 2.50. The lowest BCUT2D eigenvalue weighted by Crippen LogP contribution is -2.41. The second-order valence-electron chi connectivity index (χ2n) is 3.09. The summed E-state index contributed by atoms with van der Waals surface area (Å²) in [4.78, 5) is 21.5. The molecule has 2 N–H and O–H groups in total. The smallest absolute Gasteiger partial charge is 0.326 e. The molecule has 82 valence electrons. The second kappa shape index (κ2) is 4.54. The summed E-state index contributed by atoms with van der Waals surface area (Å²) in [6.07, 6.45) is 0.0598. The maximum atomic E-state index is 10.8. The fourth-order valence-electron chi connectivity index (χ4n) is 1.07. The Hall–Kier alpha value is -1.92. The maximum Gasteiger partial charge on any atom is 0.326 e. The standard InChI is InChI=1S/C8H11N3O4/c1-4-6(11-15-10-4)3-7(8(13)14)9-5(2)12/h7H,3H2,1-2H3,(H,9,12)(H,13,14). The molecule has 0 aliphatic carbocycles. The van der Waals surface area contributed by atoms with Crippen molar-refractivity contribution in [2.24, 2.45) is 0 Å². The van der Waals surface area contributed by atoms with Crippen molar-refractivity contribution in [1.82, 2.24) is 15.6 Å². The zero-order valence-electron chi connectivity index (χ0n) is 8.35. The number of hydrogen-bond donors (Lipinski definition) is 2. The van der Waals surface area contributed by atoms with Crippen molar-refractivity contribution in [2.45, 2.75) is 26.3 Å². The van der Waals surface area contributed by atoms with Gasteiger partial charge >= 0.3 is 5.97 Å². The number of carbonyl (C=O) groups is 2. The molecular weight excluding hydrogens is 202 g/mol. The van der Waals surface area contributed by atoms with Gasteiger partial charge in [0.1, 0.15) is 17.4 Å². The van der Waals surface area contributed by atoms with Crippen molar-refractivity contribution in [3.05, 3.63) is 11.4 Å². The molecule has 0 aliphatic heterocycles. The van der Waals surface area contributed by atoms with Crippen LogP contribution in [0.25, 0.3) is 0 Å². The monoisotopic (exact) mass is 213 g/mol. The molecule has 1 unspecified atom stereocenters. The van der Waals surface area contributed by atoms with Crippen molar-refractivity contribution in [1.29, 1.82) is 0 Å². The molecule has 0 aliphatic rings. The first-order chi connectivity index (χ1) is 7.00. The number of aryl methyl sites for hydroxylation is 1. The molecule has 0 saturated carbocycles. The lowest BCUT2D eigenvalue weighted by Gasteiger charge is -2.10. The molecule has 1 heterocycles. The molecule has 0 bridgehead atoms. The van der Waals surface area contributed by atoms with Crippen LogP contribution in [0.3, 0.4) is 0 Å². The van der Waals surface area contributed by atoms with Gasteiger partial charge < -0.3 is 10.4 Å². The molecular formula is C8H11N3O4. The number of nitrogens with one attached hydrogen (secondary N) is 1. The summed E-state index contributed by atoms with van der Waals surface area (Å²) in [5.74, 6) is -1.52. The molecule has 1 atom stereocenters. The van der Waals surface area contributed by atoms with Crippen LogP contribution in [0, 0.1) is 6.92 Å². The third-order valence-electron chi connectivity index (χ3n) is 1.82. The van der Waals surface area contributed by atoms with E-state index in [0.717, 1.165) is 0 Å². The van der Waals surface area contributed by atoms with Crippen molar-refractivity contribution in [3.8, 4) is 0 Å². The molecule has 15 heavy (non-hydrogen) atoms. The predicted molar refractivity (Wildman–Crippen MR) is 48.0 cm³/mol. The molecule has 0 spiro atoms. The van der Waals surface area contributed by atoms with Crippen LogP contribution in [-0.4, -0.2) is 33.3 Å². The number of carboxylic acids is 1. The summed E-state index contributed by atoms with van der Waals surface area (Å²) in [6, 6.07) is -1.01. The summed E-state index contributed by atoms with van der Waals surface area (Å²) >= 11 is 0. The molecule has 0 saturated heterocycles. The normalized spacial score (nSPS) is 12.1. The minimum absolute atomic E-state index is 0.0598. The van der Waals surface area contributed by atoms with Crippen LogP contribution in [0.4, 0.5) is 0 Å². The first kappa shape index (κ1) is 11.2. The van der Waals surface area contributed by atoms with Crippen LogP contribution in [0.15, 0.2) is 4.63 Å². The highest BCUT2D eigenvalue weighted by molar-refractivity contribution is 5.82. The molecule has 0 radical (unpaired) electrons. The highest BCUT2D eigenvalue weighted by Crippen LogP contribution is 2.04. The van der Waals surface area contributed by atoms with Gasteiger partial charge in [0, 0.05) is 13.3 Å². The number of amides is 1. The van der Waals surface area contributed by atoms with Crippen LogP contribution in [0.1, 0.15) is 18.3 Å². The highest BCUT2D eigenvalue weighted by atomic mass is 16.6. The lowest BCUT2D eigenvalue weighted by molar-refractivity contribution is -0.141. The molecule has 1 aromatic rings. The van der Waals surface area contributed by atoms with Gasteiger partial charge in [0.05, 0.1) is 0 Å².